The monoisotopic (exact) mass is 313 g/mol. The highest BCUT2D eigenvalue weighted by Gasteiger charge is 2.17. The van der Waals surface area contributed by atoms with Crippen molar-refractivity contribution in [1.29, 1.82) is 0 Å². The van der Waals surface area contributed by atoms with Crippen molar-refractivity contribution in [3.63, 3.8) is 0 Å². The van der Waals surface area contributed by atoms with Crippen molar-refractivity contribution in [1.82, 2.24) is 10.6 Å². The second kappa shape index (κ2) is 9.37. The first-order valence-electron chi connectivity index (χ1n) is 6.79. The minimum absolute atomic E-state index is 0. The topological polar surface area (TPSA) is 84.2 Å². The van der Waals surface area contributed by atoms with E-state index in [1.165, 1.54) is 0 Å². The van der Waals surface area contributed by atoms with Gasteiger partial charge in [-0.05, 0) is 32.4 Å². The van der Waals surface area contributed by atoms with Gasteiger partial charge in [-0.3, -0.25) is 9.59 Å². The van der Waals surface area contributed by atoms with Gasteiger partial charge in [-0.2, -0.15) is 0 Å². The summed E-state index contributed by atoms with van der Waals surface area (Å²) in [6, 6.07) is 9.01. The van der Waals surface area contributed by atoms with Crippen LogP contribution in [0.3, 0.4) is 0 Å². The summed E-state index contributed by atoms with van der Waals surface area (Å²) < 4.78 is 0. The number of benzene rings is 1. The van der Waals surface area contributed by atoms with Gasteiger partial charge >= 0.3 is 0 Å². The van der Waals surface area contributed by atoms with Gasteiger partial charge in [-0.15, -0.1) is 12.4 Å². The number of halogens is 1. The Hall–Kier alpha value is -1.59. The van der Waals surface area contributed by atoms with Crippen LogP contribution in [0, 0.1) is 0 Å². The molecule has 21 heavy (non-hydrogen) atoms. The molecule has 0 unspecified atom stereocenters. The summed E-state index contributed by atoms with van der Waals surface area (Å²) in [6.07, 6.45) is 0.976. The Morgan fingerprint density at radius 1 is 1.19 bits per heavy atom. The zero-order valence-corrected chi connectivity index (χ0v) is 13.3. The molecule has 0 saturated carbocycles. The quantitative estimate of drug-likeness (QED) is 0.667. The molecule has 1 aromatic carbocycles. The molecule has 0 spiro atoms. The zero-order chi connectivity index (χ0) is 15.0. The Kier molecular flexibility index (Phi) is 8.66. The lowest BCUT2D eigenvalue weighted by Crippen LogP contribution is -2.48. The van der Waals surface area contributed by atoms with Crippen molar-refractivity contribution in [2.75, 3.05) is 13.1 Å². The predicted octanol–water partition coefficient (Wildman–Crippen LogP) is 1.47. The van der Waals surface area contributed by atoms with Gasteiger partial charge in [0.05, 0.1) is 0 Å². The Morgan fingerprint density at radius 3 is 2.38 bits per heavy atom. The molecule has 1 rings (SSSR count). The fraction of sp³-hybridized carbons (Fsp3) is 0.467. The van der Waals surface area contributed by atoms with Crippen LogP contribution in [0.25, 0.3) is 0 Å². The van der Waals surface area contributed by atoms with E-state index in [0.29, 0.717) is 31.5 Å². The Bertz CT molecular complexity index is 449. The maximum atomic E-state index is 11.7. The summed E-state index contributed by atoms with van der Waals surface area (Å²) in [6.45, 7) is 4.62. The standard InChI is InChI=1S/C15H23N3O2.ClH/c1-15(2,11-16)18-13(19)9-6-10-17-14(20)12-7-4-3-5-8-12;/h3-5,7-8H,6,9-11,16H2,1-2H3,(H,17,20)(H,18,19);1H. The lowest BCUT2D eigenvalue weighted by molar-refractivity contribution is -0.122. The minimum atomic E-state index is -0.385. The largest absolute Gasteiger partial charge is 0.352 e. The van der Waals surface area contributed by atoms with Gasteiger partial charge in [0.1, 0.15) is 0 Å². The fourth-order valence-electron chi connectivity index (χ4n) is 1.63. The summed E-state index contributed by atoms with van der Waals surface area (Å²) in [5.74, 6) is -0.164. The molecule has 0 aliphatic carbocycles. The van der Waals surface area contributed by atoms with E-state index < -0.39 is 0 Å². The fourth-order valence-corrected chi connectivity index (χ4v) is 1.63. The normalized spacial score (nSPS) is 10.4. The highest BCUT2D eigenvalue weighted by molar-refractivity contribution is 5.94. The molecule has 0 aromatic heterocycles. The van der Waals surface area contributed by atoms with Crippen molar-refractivity contribution in [2.45, 2.75) is 32.2 Å². The third-order valence-corrected chi connectivity index (χ3v) is 2.89. The van der Waals surface area contributed by atoms with Gasteiger partial charge < -0.3 is 16.4 Å². The molecule has 0 atom stereocenters. The summed E-state index contributed by atoms with van der Waals surface area (Å²) in [5.41, 5.74) is 5.78. The molecule has 1 aromatic rings. The summed E-state index contributed by atoms with van der Waals surface area (Å²) >= 11 is 0. The molecule has 0 radical (unpaired) electrons. The summed E-state index contributed by atoms with van der Waals surface area (Å²) in [7, 11) is 0. The molecular formula is C15H24ClN3O2. The summed E-state index contributed by atoms with van der Waals surface area (Å²) in [4.78, 5) is 23.4. The number of carbonyl (C=O) groups excluding carboxylic acids is 2. The van der Waals surface area contributed by atoms with Crippen LogP contribution in [0.1, 0.15) is 37.0 Å². The number of rotatable bonds is 7. The van der Waals surface area contributed by atoms with Crippen molar-refractivity contribution in [3.05, 3.63) is 35.9 Å². The van der Waals surface area contributed by atoms with Crippen molar-refractivity contribution in [3.8, 4) is 0 Å². The lowest BCUT2D eigenvalue weighted by Gasteiger charge is -2.24. The van der Waals surface area contributed by atoms with E-state index in [2.05, 4.69) is 10.6 Å². The van der Waals surface area contributed by atoms with Crippen LogP contribution < -0.4 is 16.4 Å². The summed E-state index contributed by atoms with van der Waals surface area (Å²) in [5, 5.41) is 5.64. The third-order valence-electron chi connectivity index (χ3n) is 2.89. The Morgan fingerprint density at radius 2 is 1.81 bits per heavy atom. The molecule has 2 amide bonds. The van der Waals surface area contributed by atoms with Gasteiger partial charge in [0.2, 0.25) is 5.91 Å². The molecule has 0 heterocycles. The van der Waals surface area contributed by atoms with Gasteiger partial charge in [-0.25, -0.2) is 0 Å². The van der Waals surface area contributed by atoms with Gasteiger partial charge in [0.25, 0.3) is 5.91 Å². The average molecular weight is 314 g/mol. The van der Waals surface area contributed by atoms with Crippen LogP contribution in [0.5, 0.6) is 0 Å². The molecule has 0 aliphatic heterocycles. The molecule has 5 nitrogen and oxygen atoms in total. The first-order valence-corrected chi connectivity index (χ1v) is 6.79. The second-order valence-electron chi connectivity index (χ2n) is 5.36. The maximum Gasteiger partial charge on any atom is 0.251 e. The highest BCUT2D eigenvalue weighted by Crippen LogP contribution is 2.01. The number of hydrogen-bond acceptors (Lipinski definition) is 3. The smallest absolute Gasteiger partial charge is 0.251 e. The maximum absolute atomic E-state index is 11.7. The molecule has 4 N–H and O–H groups in total. The molecule has 6 heteroatoms. The van der Waals surface area contributed by atoms with Crippen LogP contribution in [0.4, 0.5) is 0 Å². The molecule has 0 fully saturated rings. The van der Waals surface area contributed by atoms with Crippen molar-refractivity contribution in [2.24, 2.45) is 5.73 Å². The number of carbonyl (C=O) groups is 2. The molecule has 0 aliphatic rings. The molecular weight excluding hydrogens is 290 g/mol. The zero-order valence-electron chi connectivity index (χ0n) is 12.5. The van der Waals surface area contributed by atoms with Crippen molar-refractivity contribution < 1.29 is 9.59 Å². The number of nitrogens with two attached hydrogens (primary N) is 1. The number of nitrogens with one attached hydrogen (secondary N) is 2. The van der Waals surface area contributed by atoms with Crippen LogP contribution >= 0.6 is 12.4 Å². The van der Waals surface area contributed by atoms with E-state index in [1.54, 1.807) is 12.1 Å². The third kappa shape index (κ3) is 7.68. The van der Waals surface area contributed by atoms with Crippen LogP contribution in [-0.2, 0) is 4.79 Å². The van der Waals surface area contributed by atoms with E-state index in [0.717, 1.165) is 0 Å². The minimum Gasteiger partial charge on any atom is -0.352 e. The second-order valence-corrected chi connectivity index (χ2v) is 5.36. The van der Waals surface area contributed by atoms with E-state index in [1.807, 2.05) is 32.0 Å². The van der Waals surface area contributed by atoms with Crippen LogP contribution in [-0.4, -0.2) is 30.4 Å². The molecule has 118 valence electrons. The van der Waals surface area contributed by atoms with E-state index in [-0.39, 0.29) is 29.8 Å². The Labute approximate surface area is 132 Å². The van der Waals surface area contributed by atoms with Crippen molar-refractivity contribution >= 4 is 24.2 Å². The lowest BCUT2D eigenvalue weighted by atomic mass is 10.1. The SMILES string of the molecule is CC(C)(CN)NC(=O)CCCNC(=O)c1ccccc1.Cl. The molecule has 0 bridgehead atoms. The average Bonchev–Trinajstić information content (AvgIpc) is 2.44. The van der Waals surface area contributed by atoms with Gasteiger partial charge in [-0.1, -0.05) is 18.2 Å². The molecule has 0 saturated heterocycles. The predicted molar refractivity (Wildman–Crippen MR) is 86.5 cm³/mol. The van der Waals surface area contributed by atoms with E-state index in [4.69, 9.17) is 5.73 Å². The van der Waals surface area contributed by atoms with E-state index >= 15 is 0 Å². The van der Waals surface area contributed by atoms with Gasteiger partial charge in [0, 0.05) is 30.6 Å². The first kappa shape index (κ1) is 19.4. The van der Waals surface area contributed by atoms with Crippen LogP contribution in [0.15, 0.2) is 30.3 Å². The van der Waals surface area contributed by atoms with E-state index in [9.17, 15) is 9.59 Å². The highest BCUT2D eigenvalue weighted by atomic mass is 35.5. The number of amides is 2. The van der Waals surface area contributed by atoms with Crippen LogP contribution in [0.2, 0.25) is 0 Å². The van der Waals surface area contributed by atoms with Gasteiger partial charge in [0.15, 0.2) is 0 Å². The Balaban J connectivity index is 0.00000400. The first-order chi connectivity index (χ1) is 9.44. The number of hydrogen-bond donors (Lipinski definition) is 3.